The minimum absolute atomic E-state index is 0. The van der Waals surface area contributed by atoms with Crippen molar-refractivity contribution < 1.29 is 25.3 Å². The lowest BCUT2D eigenvalue weighted by Gasteiger charge is -2.23. The first-order chi connectivity index (χ1) is 15.5. The fraction of sp³-hybridized carbons (Fsp3) is 0.870. The molecule has 0 unspecified atom stereocenters. The molecule has 9 heteroatoms. The van der Waals surface area contributed by atoms with E-state index in [9.17, 15) is 14.4 Å². The van der Waals surface area contributed by atoms with Gasteiger partial charge in [-0.15, -0.1) is 0 Å². The Kier molecular flexibility index (Phi) is 20.3. The van der Waals surface area contributed by atoms with Crippen molar-refractivity contribution in [3.8, 4) is 0 Å². The number of ketones is 1. The average molecular weight is 495 g/mol. The van der Waals surface area contributed by atoms with Crippen molar-refractivity contribution in [1.29, 1.82) is 0 Å². The van der Waals surface area contributed by atoms with E-state index in [0.29, 0.717) is 45.6 Å². The summed E-state index contributed by atoms with van der Waals surface area (Å²) in [6.45, 7) is 10.1. The Morgan fingerprint density at radius 1 is 1.06 bits per heavy atom. The van der Waals surface area contributed by atoms with Gasteiger partial charge in [-0.25, -0.2) is 0 Å². The predicted octanol–water partition coefficient (Wildman–Crippen LogP) is 4.34. The number of rotatable bonds is 17. The van der Waals surface area contributed by atoms with E-state index in [2.05, 4.69) is 5.32 Å². The Morgan fingerprint density at radius 2 is 1.75 bits per heavy atom. The third kappa shape index (κ3) is 15.1. The lowest BCUT2D eigenvalue weighted by molar-refractivity contribution is -0.133. The van der Waals surface area contributed by atoms with Gasteiger partial charge < -0.3 is 24.5 Å². The highest BCUT2D eigenvalue weighted by molar-refractivity contribution is 8.76. The molecular formula is C23H46N2O5S2. The summed E-state index contributed by atoms with van der Waals surface area (Å²) < 4.78 is 11.0. The number of hydrogen-bond donors (Lipinski definition) is 1. The van der Waals surface area contributed by atoms with Crippen LogP contribution >= 0.6 is 21.6 Å². The zero-order valence-electron chi connectivity index (χ0n) is 20.7. The second-order valence-corrected chi connectivity index (χ2v) is 10.2. The monoisotopic (exact) mass is 494 g/mol. The van der Waals surface area contributed by atoms with E-state index in [1.807, 2.05) is 25.7 Å². The maximum absolute atomic E-state index is 12.6. The van der Waals surface area contributed by atoms with Crippen molar-refractivity contribution in [1.82, 2.24) is 10.2 Å². The number of nitrogens with one attached hydrogen (secondary N) is 1. The number of nitrogens with zero attached hydrogens (tertiary/aromatic N) is 1. The molecule has 1 aliphatic heterocycles. The lowest BCUT2D eigenvalue weighted by Crippen LogP contribution is -2.38. The van der Waals surface area contributed by atoms with E-state index >= 15 is 0 Å². The molecule has 1 fully saturated rings. The summed E-state index contributed by atoms with van der Waals surface area (Å²) in [7, 11) is 5.13. The van der Waals surface area contributed by atoms with Crippen LogP contribution in [-0.4, -0.2) is 79.6 Å². The molecule has 0 aromatic carbocycles. The van der Waals surface area contributed by atoms with Crippen LogP contribution in [0.5, 0.6) is 0 Å². The quantitative estimate of drug-likeness (QED) is 0.238. The van der Waals surface area contributed by atoms with E-state index in [4.69, 9.17) is 9.47 Å². The van der Waals surface area contributed by atoms with E-state index in [0.717, 1.165) is 37.2 Å². The normalized spacial score (nSPS) is 17.6. The number of likely N-dealkylation sites (tertiary alicyclic amines) is 1. The number of unbranched alkanes of at least 4 members (excludes halogenated alkanes) is 1. The standard InChI is InChI=1S/C21H38N2O5S2.C2H6.H2/c1-4-28-19-14-18(16-27-3)23(15-19)21(26)10-7-12-29-30-13-11-22-20(25)9-6-5-8-17(2)24;1-2;/h18-19H,4-16H2,1-3H3,(H,22,25);1-2H3;1H/t18-,19+;;/m0../s1. The molecule has 2 amide bonds. The van der Waals surface area contributed by atoms with E-state index in [1.165, 1.54) is 0 Å². The van der Waals surface area contributed by atoms with Crippen molar-refractivity contribution >= 4 is 39.2 Å². The highest BCUT2D eigenvalue weighted by atomic mass is 33.1. The van der Waals surface area contributed by atoms with E-state index in [-0.39, 0.29) is 31.2 Å². The number of hydrogen-bond acceptors (Lipinski definition) is 7. The summed E-state index contributed by atoms with van der Waals surface area (Å²) in [4.78, 5) is 37.0. The van der Waals surface area contributed by atoms with Crippen LogP contribution in [0.25, 0.3) is 0 Å². The van der Waals surface area contributed by atoms with Crippen LogP contribution in [0.4, 0.5) is 0 Å². The molecule has 1 saturated heterocycles. The fourth-order valence-electron chi connectivity index (χ4n) is 3.41. The topological polar surface area (TPSA) is 84.9 Å². The first-order valence-corrected chi connectivity index (χ1v) is 14.4. The average Bonchev–Trinajstić information content (AvgIpc) is 3.17. The molecule has 0 aliphatic carbocycles. The molecule has 7 nitrogen and oxygen atoms in total. The summed E-state index contributed by atoms with van der Waals surface area (Å²) >= 11 is 0. The van der Waals surface area contributed by atoms with Gasteiger partial charge in [0.15, 0.2) is 0 Å². The summed E-state index contributed by atoms with van der Waals surface area (Å²) in [5.74, 6) is 2.16. The van der Waals surface area contributed by atoms with Gasteiger partial charge in [-0.3, -0.25) is 9.59 Å². The van der Waals surface area contributed by atoms with Gasteiger partial charge in [-0.2, -0.15) is 0 Å². The lowest BCUT2D eigenvalue weighted by atomic mass is 10.1. The number of amides is 2. The van der Waals surface area contributed by atoms with Gasteiger partial charge in [-0.1, -0.05) is 35.4 Å². The Labute approximate surface area is 204 Å². The largest absolute Gasteiger partial charge is 0.383 e. The van der Waals surface area contributed by atoms with E-state index in [1.54, 1.807) is 35.6 Å². The number of Topliss-reactive ketones (excluding diaryl/α,β-unsaturated/α-hetero) is 1. The van der Waals surface area contributed by atoms with Crippen LogP contribution in [-0.2, 0) is 23.9 Å². The van der Waals surface area contributed by atoms with E-state index < -0.39 is 0 Å². The van der Waals surface area contributed by atoms with Gasteiger partial charge in [0.1, 0.15) is 5.78 Å². The van der Waals surface area contributed by atoms with Crippen molar-refractivity contribution in [2.45, 2.75) is 84.8 Å². The molecule has 32 heavy (non-hydrogen) atoms. The number of methoxy groups -OCH3 is 1. The highest BCUT2D eigenvalue weighted by Gasteiger charge is 2.35. The van der Waals surface area contributed by atoms with Crippen molar-refractivity contribution in [3.63, 3.8) is 0 Å². The second-order valence-electron chi connectivity index (χ2n) is 7.47. The molecule has 190 valence electrons. The third-order valence-electron chi connectivity index (χ3n) is 4.85. The zero-order valence-corrected chi connectivity index (χ0v) is 22.3. The molecule has 0 radical (unpaired) electrons. The molecule has 2 atom stereocenters. The van der Waals surface area contributed by atoms with Crippen LogP contribution in [0, 0.1) is 0 Å². The molecule has 1 N–H and O–H groups in total. The van der Waals surface area contributed by atoms with Crippen LogP contribution in [0.15, 0.2) is 0 Å². The van der Waals surface area contributed by atoms with Gasteiger partial charge in [0.05, 0.1) is 18.8 Å². The summed E-state index contributed by atoms with van der Waals surface area (Å²) in [6.07, 6.45) is 4.93. The molecule has 0 saturated carbocycles. The van der Waals surface area contributed by atoms with Crippen LogP contribution in [0.1, 0.15) is 74.1 Å². The SMILES string of the molecule is CC.CCO[C@@H]1C[C@@H](COC)N(C(=O)CCCSSCCNC(=O)CCCCC(C)=O)C1.[HH]. The summed E-state index contributed by atoms with van der Waals surface area (Å²) in [6, 6.07) is 0.118. The van der Waals surface area contributed by atoms with Crippen LogP contribution in [0.2, 0.25) is 0 Å². The summed E-state index contributed by atoms with van der Waals surface area (Å²) in [5.41, 5.74) is 0. The molecule has 1 aliphatic rings. The van der Waals surface area contributed by atoms with Crippen molar-refractivity contribution in [3.05, 3.63) is 0 Å². The van der Waals surface area contributed by atoms with Gasteiger partial charge in [0.25, 0.3) is 0 Å². The molecule has 0 spiro atoms. The van der Waals surface area contributed by atoms with Crippen LogP contribution < -0.4 is 5.32 Å². The first kappa shape index (κ1) is 31.2. The Morgan fingerprint density at radius 3 is 2.41 bits per heavy atom. The number of ether oxygens (including phenoxy) is 2. The second kappa shape index (κ2) is 20.8. The van der Waals surface area contributed by atoms with Gasteiger partial charge >= 0.3 is 0 Å². The van der Waals surface area contributed by atoms with Gasteiger partial charge in [0.2, 0.25) is 11.8 Å². The molecule has 1 rings (SSSR count). The Balaban J connectivity index is 0. The Hall–Kier alpha value is -0.770. The maximum atomic E-state index is 12.6. The van der Waals surface area contributed by atoms with Gasteiger partial charge in [-0.05, 0) is 39.5 Å². The third-order valence-corrected chi connectivity index (χ3v) is 7.34. The first-order valence-electron chi connectivity index (χ1n) is 11.9. The number of carbonyl (C=O) groups is 3. The summed E-state index contributed by atoms with van der Waals surface area (Å²) in [5, 5.41) is 2.91. The minimum atomic E-state index is 0. The minimum Gasteiger partial charge on any atom is -0.383 e. The molecule has 0 aromatic heterocycles. The van der Waals surface area contributed by atoms with Crippen molar-refractivity contribution in [2.24, 2.45) is 0 Å². The van der Waals surface area contributed by atoms with Crippen molar-refractivity contribution in [2.75, 3.05) is 44.9 Å². The zero-order chi connectivity index (χ0) is 24.2. The fourth-order valence-corrected chi connectivity index (χ4v) is 5.40. The molecule has 0 bridgehead atoms. The molecule has 1 heterocycles. The molecular weight excluding hydrogens is 448 g/mol. The maximum Gasteiger partial charge on any atom is 0.223 e. The smallest absolute Gasteiger partial charge is 0.223 e. The Bertz CT molecular complexity index is 529. The molecule has 0 aromatic rings. The van der Waals surface area contributed by atoms with Gasteiger partial charge in [0, 0.05) is 59.0 Å². The highest BCUT2D eigenvalue weighted by Crippen LogP contribution is 2.24. The predicted molar refractivity (Wildman–Crippen MR) is 137 cm³/mol. The number of carbonyl (C=O) groups excluding carboxylic acids is 3. The van der Waals surface area contributed by atoms with Crippen LogP contribution in [0.3, 0.4) is 0 Å².